The molecule has 0 fully saturated rings. The topological polar surface area (TPSA) is 182 Å². The second-order valence-corrected chi connectivity index (χ2v) is 11.0. The first kappa shape index (κ1) is 30.7. The lowest BCUT2D eigenvalue weighted by molar-refractivity contribution is -0.143. The summed E-state index contributed by atoms with van der Waals surface area (Å²) in [6.07, 6.45) is 3.94. The van der Waals surface area contributed by atoms with Crippen molar-refractivity contribution < 1.29 is 24.3 Å². The number of benzene rings is 2. The summed E-state index contributed by atoms with van der Waals surface area (Å²) in [5.74, 6) is -3.49. The summed E-state index contributed by atoms with van der Waals surface area (Å²) in [4.78, 5) is 57.7. The van der Waals surface area contributed by atoms with Gasteiger partial charge in [-0.3, -0.25) is 14.4 Å². The van der Waals surface area contributed by atoms with Crippen molar-refractivity contribution in [1.82, 2.24) is 25.9 Å². The highest BCUT2D eigenvalue weighted by Gasteiger charge is 2.31. The third kappa shape index (κ3) is 7.12. The van der Waals surface area contributed by atoms with Gasteiger partial charge in [0.15, 0.2) is 0 Å². The number of nitrogens with one attached hydrogen (secondary N) is 5. The number of nitrogens with two attached hydrogens (primary N) is 1. The maximum Gasteiger partial charge on any atom is 0.326 e. The zero-order valence-corrected chi connectivity index (χ0v) is 24.3. The summed E-state index contributed by atoms with van der Waals surface area (Å²) in [6, 6.07) is 10.9. The molecule has 3 amide bonds. The zero-order valence-electron chi connectivity index (χ0n) is 23.4. The quantitative estimate of drug-likeness (QED) is 0.110. The van der Waals surface area contributed by atoms with Crippen molar-refractivity contribution in [3.63, 3.8) is 0 Å². The number of fused-ring (bicyclic) bond motifs is 2. The maximum absolute atomic E-state index is 13.6. The van der Waals surface area contributed by atoms with Crippen LogP contribution in [0.2, 0.25) is 0 Å². The molecule has 12 heteroatoms. The van der Waals surface area contributed by atoms with Gasteiger partial charge in [-0.05, 0) is 35.6 Å². The first-order valence-electron chi connectivity index (χ1n) is 13.7. The molecule has 4 atom stereocenters. The Kier molecular flexibility index (Phi) is 9.92. The van der Waals surface area contributed by atoms with E-state index in [2.05, 4.69) is 38.5 Å². The van der Waals surface area contributed by atoms with Gasteiger partial charge in [0.05, 0.1) is 6.04 Å². The number of hydrogen-bond acceptors (Lipinski definition) is 6. The summed E-state index contributed by atoms with van der Waals surface area (Å²) in [5.41, 5.74) is 9.76. The van der Waals surface area contributed by atoms with Gasteiger partial charge in [0, 0.05) is 46.4 Å². The van der Waals surface area contributed by atoms with Crippen molar-refractivity contribution in [3.05, 3.63) is 72.1 Å². The van der Waals surface area contributed by atoms with Crippen LogP contribution in [0.25, 0.3) is 21.8 Å². The van der Waals surface area contributed by atoms with Crippen molar-refractivity contribution >= 4 is 58.1 Å². The fraction of sp³-hybridized carbons (Fsp3) is 0.333. The van der Waals surface area contributed by atoms with Crippen LogP contribution in [0.5, 0.6) is 0 Å². The average Bonchev–Trinajstić information content (AvgIpc) is 3.57. The number of para-hydroxylation sites is 2. The number of carboxylic acids is 1. The first-order valence-corrected chi connectivity index (χ1v) is 14.3. The van der Waals surface area contributed by atoms with Crippen molar-refractivity contribution in [1.29, 1.82) is 0 Å². The summed E-state index contributed by atoms with van der Waals surface area (Å²) in [5, 5.41) is 19.2. The molecule has 0 bridgehead atoms. The first-order chi connectivity index (χ1) is 20.1. The Morgan fingerprint density at radius 2 is 1.29 bits per heavy atom. The fourth-order valence-corrected chi connectivity index (χ4v) is 5.13. The minimum absolute atomic E-state index is 0.0875. The number of aliphatic carboxylic acids is 1. The predicted octanol–water partition coefficient (Wildman–Crippen LogP) is 1.89. The van der Waals surface area contributed by atoms with Crippen molar-refractivity contribution in [2.45, 2.75) is 50.9 Å². The second kappa shape index (κ2) is 13.6. The average molecular weight is 593 g/mol. The molecule has 222 valence electrons. The SMILES string of the molecule is CC(C)C(NC(=O)C(CS)NC(=O)C(Cc1c[nH]c2ccccc12)NC(=O)C(N)Cc1c[nH]c2ccccc12)C(=O)O. The Balaban J connectivity index is 1.52. The normalized spacial score (nSPS) is 14.3. The van der Waals surface area contributed by atoms with E-state index in [1.54, 1.807) is 20.0 Å². The number of rotatable bonds is 13. The van der Waals surface area contributed by atoms with Crippen molar-refractivity contribution in [3.8, 4) is 0 Å². The Labute approximate surface area is 248 Å². The van der Waals surface area contributed by atoms with Gasteiger partial charge in [0.2, 0.25) is 17.7 Å². The van der Waals surface area contributed by atoms with Crippen LogP contribution in [-0.2, 0) is 32.0 Å². The molecule has 2 aromatic carbocycles. The standard InChI is InChI=1S/C30H36N6O5S/c1-16(2)26(30(40)41)36-29(39)25(15-42)35-28(38)24(12-18-14-33-23-10-6-4-8-20(18)23)34-27(37)21(31)11-17-13-32-22-9-5-3-7-19(17)22/h3-10,13-14,16,21,24-26,32-33,42H,11-12,15,31H2,1-2H3,(H,34,37)(H,35,38)(H,36,39)(H,40,41). The number of thiol groups is 1. The van der Waals surface area contributed by atoms with Gasteiger partial charge in [-0.15, -0.1) is 0 Å². The Bertz CT molecular complexity index is 1580. The molecule has 8 N–H and O–H groups in total. The van der Waals surface area contributed by atoms with E-state index in [0.717, 1.165) is 32.9 Å². The number of carbonyl (C=O) groups excluding carboxylic acids is 3. The lowest BCUT2D eigenvalue weighted by Gasteiger charge is -2.25. The molecule has 0 saturated heterocycles. The van der Waals surface area contributed by atoms with Crippen LogP contribution in [0.4, 0.5) is 0 Å². The highest BCUT2D eigenvalue weighted by atomic mass is 32.1. The second-order valence-electron chi connectivity index (χ2n) is 10.6. The van der Waals surface area contributed by atoms with E-state index in [4.69, 9.17) is 5.73 Å². The third-order valence-corrected chi connectivity index (χ3v) is 7.59. The summed E-state index contributed by atoms with van der Waals surface area (Å²) >= 11 is 4.20. The molecule has 0 aliphatic carbocycles. The van der Waals surface area contributed by atoms with Crippen LogP contribution < -0.4 is 21.7 Å². The number of amides is 3. The van der Waals surface area contributed by atoms with Gasteiger partial charge in [0.25, 0.3) is 0 Å². The lowest BCUT2D eigenvalue weighted by Crippen LogP contribution is -2.58. The molecule has 0 radical (unpaired) electrons. The molecule has 0 saturated carbocycles. The smallest absolute Gasteiger partial charge is 0.326 e. The number of aromatic amines is 2. The Morgan fingerprint density at radius 3 is 1.81 bits per heavy atom. The predicted molar refractivity (Wildman–Crippen MR) is 164 cm³/mol. The van der Waals surface area contributed by atoms with Crippen molar-refractivity contribution in [2.24, 2.45) is 11.7 Å². The van der Waals surface area contributed by atoms with Crippen LogP contribution in [-0.4, -0.2) is 68.7 Å². The monoisotopic (exact) mass is 592 g/mol. The van der Waals surface area contributed by atoms with Crippen molar-refractivity contribution in [2.75, 3.05) is 5.75 Å². The Morgan fingerprint density at radius 1 is 0.786 bits per heavy atom. The molecule has 2 heterocycles. The van der Waals surface area contributed by atoms with E-state index in [-0.39, 0.29) is 24.5 Å². The molecule has 4 aromatic rings. The van der Waals surface area contributed by atoms with E-state index in [0.29, 0.717) is 0 Å². The molecule has 2 aromatic heterocycles. The number of hydrogen-bond donors (Lipinski definition) is 8. The largest absolute Gasteiger partial charge is 0.480 e. The van der Waals surface area contributed by atoms with E-state index in [1.165, 1.54) is 0 Å². The van der Waals surface area contributed by atoms with Gasteiger partial charge in [-0.25, -0.2) is 4.79 Å². The van der Waals surface area contributed by atoms with Gasteiger partial charge in [-0.2, -0.15) is 12.6 Å². The van der Waals surface area contributed by atoms with Gasteiger partial charge in [0.1, 0.15) is 18.1 Å². The van der Waals surface area contributed by atoms with E-state index in [1.807, 2.05) is 54.7 Å². The number of carbonyl (C=O) groups is 4. The molecule has 0 aliphatic rings. The maximum atomic E-state index is 13.6. The molecular formula is C30H36N6O5S. The minimum atomic E-state index is -1.18. The summed E-state index contributed by atoms with van der Waals surface area (Å²) in [6.45, 7) is 3.33. The molecule has 42 heavy (non-hydrogen) atoms. The highest BCUT2D eigenvalue weighted by molar-refractivity contribution is 7.80. The van der Waals surface area contributed by atoms with Gasteiger partial charge in [-0.1, -0.05) is 50.2 Å². The van der Waals surface area contributed by atoms with Gasteiger partial charge >= 0.3 is 5.97 Å². The molecule has 11 nitrogen and oxygen atoms in total. The Hall–Kier alpha value is -4.29. The fourth-order valence-electron chi connectivity index (χ4n) is 4.87. The van der Waals surface area contributed by atoms with E-state index >= 15 is 0 Å². The highest BCUT2D eigenvalue weighted by Crippen LogP contribution is 2.21. The minimum Gasteiger partial charge on any atom is -0.480 e. The van der Waals surface area contributed by atoms with Crippen LogP contribution >= 0.6 is 12.6 Å². The molecule has 4 rings (SSSR count). The van der Waals surface area contributed by atoms with Crippen LogP contribution in [0, 0.1) is 5.92 Å². The number of carboxylic acid groups (broad SMARTS) is 1. The molecular weight excluding hydrogens is 556 g/mol. The number of H-pyrrole nitrogens is 2. The molecule has 0 spiro atoms. The zero-order chi connectivity index (χ0) is 30.4. The third-order valence-electron chi connectivity index (χ3n) is 7.23. The van der Waals surface area contributed by atoms with Crippen LogP contribution in [0.3, 0.4) is 0 Å². The van der Waals surface area contributed by atoms with Crippen LogP contribution in [0.1, 0.15) is 25.0 Å². The van der Waals surface area contributed by atoms with E-state index in [9.17, 15) is 24.3 Å². The van der Waals surface area contributed by atoms with Crippen LogP contribution in [0.15, 0.2) is 60.9 Å². The van der Waals surface area contributed by atoms with Gasteiger partial charge < -0.3 is 36.8 Å². The van der Waals surface area contributed by atoms with E-state index < -0.39 is 47.9 Å². The molecule has 4 unspecified atom stereocenters. The summed E-state index contributed by atoms with van der Waals surface area (Å²) in [7, 11) is 0. The lowest BCUT2D eigenvalue weighted by atomic mass is 10.0. The molecule has 0 aliphatic heterocycles. The number of aromatic nitrogens is 2. The summed E-state index contributed by atoms with van der Waals surface area (Å²) < 4.78 is 0.